The first kappa shape index (κ1) is 13.5. The third kappa shape index (κ3) is 2.93. The van der Waals surface area contributed by atoms with Crippen LogP contribution in [0, 0.1) is 24.0 Å². The van der Waals surface area contributed by atoms with Gasteiger partial charge < -0.3 is 5.73 Å². The van der Waals surface area contributed by atoms with Gasteiger partial charge in [0.1, 0.15) is 17.5 Å². The number of nitrogen functional groups attached to an aromatic ring is 1. The molecule has 0 unspecified atom stereocenters. The number of rotatable bonds is 3. The monoisotopic (exact) mass is 278 g/mol. The molecule has 0 aliphatic rings. The second kappa shape index (κ2) is 5.40. The molecule has 0 atom stereocenters. The zero-order valence-corrected chi connectivity index (χ0v) is 11.0. The van der Waals surface area contributed by atoms with Gasteiger partial charge in [-0.15, -0.1) is 0 Å². The smallest absolute Gasteiger partial charge is 0.140 e. The minimum atomic E-state index is -0.622. The molecule has 2 aromatic carbocycles. The third-order valence-electron chi connectivity index (χ3n) is 2.61. The summed E-state index contributed by atoms with van der Waals surface area (Å²) in [7, 11) is 0. The number of hydrogen-bond acceptors (Lipinski definition) is 2. The first-order chi connectivity index (χ1) is 8.99. The van der Waals surface area contributed by atoms with Crippen molar-refractivity contribution >= 4 is 17.6 Å². The van der Waals surface area contributed by atoms with E-state index in [0.717, 1.165) is 23.4 Å². The second-order valence-corrected chi connectivity index (χ2v) is 5.09. The van der Waals surface area contributed by atoms with Crippen molar-refractivity contribution in [2.45, 2.75) is 16.7 Å². The zero-order chi connectivity index (χ0) is 14.0. The van der Waals surface area contributed by atoms with Gasteiger partial charge in [-0.25, -0.2) is 8.78 Å². The van der Waals surface area contributed by atoms with Crippen LogP contribution in [-0.2, 0) is 0 Å². The summed E-state index contributed by atoms with van der Waals surface area (Å²) >= 11 is 1.14. The molecule has 0 bridgehead atoms. The topological polar surface area (TPSA) is 49.9 Å². The number of halogens is 2. The number of hydrogen-bond donors (Lipinski definition) is 2. The minimum absolute atomic E-state index is 0.0753. The molecular weight excluding hydrogens is 266 g/mol. The Bertz CT molecular complexity index is 641. The highest BCUT2D eigenvalue weighted by Gasteiger charge is 2.12. The van der Waals surface area contributed by atoms with Gasteiger partial charge in [-0.2, -0.15) is 0 Å². The quantitative estimate of drug-likeness (QED) is 0.664. The van der Waals surface area contributed by atoms with Crippen molar-refractivity contribution in [2.75, 3.05) is 0 Å². The van der Waals surface area contributed by atoms with Gasteiger partial charge in [0.15, 0.2) is 0 Å². The predicted molar refractivity (Wildman–Crippen MR) is 72.7 cm³/mol. The highest BCUT2D eigenvalue weighted by molar-refractivity contribution is 7.99. The van der Waals surface area contributed by atoms with Gasteiger partial charge in [-0.05, 0) is 24.6 Å². The van der Waals surface area contributed by atoms with Crippen LogP contribution in [0.4, 0.5) is 8.78 Å². The zero-order valence-electron chi connectivity index (χ0n) is 10.2. The maximum absolute atomic E-state index is 13.7. The Morgan fingerprint density at radius 1 is 1.21 bits per heavy atom. The minimum Gasteiger partial charge on any atom is -0.384 e. The largest absolute Gasteiger partial charge is 0.384 e. The summed E-state index contributed by atoms with van der Waals surface area (Å²) in [5.41, 5.74) is 6.96. The van der Waals surface area contributed by atoms with Gasteiger partial charge in [-0.1, -0.05) is 30.0 Å². The Hall–Kier alpha value is -1.88. The number of nitrogens with two attached hydrogens (primary N) is 1. The van der Waals surface area contributed by atoms with Gasteiger partial charge in [0, 0.05) is 21.4 Å². The second-order valence-electron chi connectivity index (χ2n) is 4.04. The fourth-order valence-corrected chi connectivity index (χ4v) is 2.70. The summed E-state index contributed by atoms with van der Waals surface area (Å²) in [5.74, 6) is -1.31. The van der Waals surface area contributed by atoms with E-state index in [1.807, 2.05) is 13.0 Å². The summed E-state index contributed by atoms with van der Waals surface area (Å²) in [6.07, 6.45) is 0. The number of benzene rings is 2. The molecule has 0 aliphatic heterocycles. The van der Waals surface area contributed by atoms with Crippen LogP contribution in [0.25, 0.3) is 0 Å². The average molecular weight is 278 g/mol. The van der Waals surface area contributed by atoms with Gasteiger partial charge in [0.05, 0.1) is 0 Å². The van der Waals surface area contributed by atoms with Crippen molar-refractivity contribution in [1.82, 2.24) is 0 Å². The van der Waals surface area contributed by atoms with Crippen LogP contribution in [0.2, 0.25) is 0 Å². The molecule has 2 nitrogen and oxygen atoms in total. The molecule has 0 fully saturated rings. The van der Waals surface area contributed by atoms with Crippen LogP contribution in [0.1, 0.15) is 11.1 Å². The molecule has 0 aromatic heterocycles. The van der Waals surface area contributed by atoms with Crippen LogP contribution in [0.15, 0.2) is 46.2 Å². The molecule has 0 spiro atoms. The number of aryl methyl sites for hydroxylation is 1. The van der Waals surface area contributed by atoms with Crippen LogP contribution >= 0.6 is 11.8 Å². The Kier molecular flexibility index (Phi) is 3.85. The lowest BCUT2D eigenvalue weighted by atomic mass is 10.1. The molecule has 2 aromatic rings. The molecule has 98 valence electrons. The SMILES string of the molecule is Cc1cccc(C(=N)N)c1Sc1ccc(F)cc1F. The van der Waals surface area contributed by atoms with Crippen molar-refractivity contribution in [1.29, 1.82) is 5.41 Å². The van der Waals surface area contributed by atoms with Crippen LogP contribution in [-0.4, -0.2) is 5.84 Å². The highest BCUT2D eigenvalue weighted by Crippen LogP contribution is 2.34. The molecule has 5 heteroatoms. The van der Waals surface area contributed by atoms with E-state index in [4.69, 9.17) is 11.1 Å². The summed E-state index contributed by atoms with van der Waals surface area (Å²) in [6, 6.07) is 8.78. The van der Waals surface area contributed by atoms with Gasteiger partial charge >= 0.3 is 0 Å². The summed E-state index contributed by atoms with van der Waals surface area (Å²) < 4.78 is 26.5. The predicted octanol–water partition coefficient (Wildman–Crippen LogP) is 3.71. The van der Waals surface area contributed by atoms with E-state index >= 15 is 0 Å². The van der Waals surface area contributed by atoms with E-state index in [-0.39, 0.29) is 5.84 Å². The first-order valence-corrected chi connectivity index (χ1v) is 6.37. The molecule has 0 radical (unpaired) electrons. The van der Waals surface area contributed by atoms with Gasteiger partial charge in [0.2, 0.25) is 0 Å². The summed E-state index contributed by atoms with van der Waals surface area (Å²) in [6.45, 7) is 1.86. The van der Waals surface area contributed by atoms with E-state index in [9.17, 15) is 8.78 Å². The van der Waals surface area contributed by atoms with Gasteiger partial charge in [0.25, 0.3) is 0 Å². The van der Waals surface area contributed by atoms with Gasteiger partial charge in [-0.3, -0.25) is 5.41 Å². The molecule has 2 rings (SSSR count). The van der Waals surface area contributed by atoms with Crippen molar-refractivity contribution in [3.8, 4) is 0 Å². The maximum Gasteiger partial charge on any atom is 0.140 e. The summed E-state index contributed by atoms with van der Waals surface area (Å²) in [4.78, 5) is 1.01. The Balaban J connectivity index is 2.46. The molecular formula is C14H12F2N2S. The van der Waals surface area contributed by atoms with E-state index < -0.39 is 11.6 Å². The first-order valence-electron chi connectivity index (χ1n) is 5.56. The normalized spacial score (nSPS) is 10.5. The number of amidine groups is 1. The third-order valence-corrected chi connectivity index (χ3v) is 3.91. The van der Waals surface area contributed by atoms with Crippen molar-refractivity contribution in [3.05, 3.63) is 59.2 Å². The standard InChI is InChI=1S/C14H12F2N2S/c1-8-3-2-4-10(14(17)18)13(8)19-12-6-5-9(15)7-11(12)16/h2-7H,1H3,(H3,17,18). The molecule has 0 heterocycles. The fraction of sp³-hybridized carbons (Fsp3) is 0.0714. The fourth-order valence-electron chi connectivity index (χ4n) is 1.67. The van der Waals surface area contributed by atoms with Crippen molar-refractivity contribution < 1.29 is 8.78 Å². The van der Waals surface area contributed by atoms with E-state index in [0.29, 0.717) is 15.4 Å². The lowest BCUT2D eigenvalue weighted by Crippen LogP contribution is -2.12. The van der Waals surface area contributed by atoms with E-state index in [1.165, 1.54) is 12.1 Å². The summed E-state index contributed by atoms with van der Waals surface area (Å²) in [5, 5.41) is 7.54. The van der Waals surface area contributed by atoms with Crippen LogP contribution in [0.3, 0.4) is 0 Å². The van der Waals surface area contributed by atoms with Crippen molar-refractivity contribution in [2.24, 2.45) is 5.73 Å². The van der Waals surface area contributed by atoms with E-state index in [1.54, 1.807) is 12.1 Å². The molecule has 0 saturated carbocycles. The van der Waals surface area contributed by atoms with Crippen LogP contribution < -0.4 is 5.73 Å². The molecule has 19 heavy (non-hydrogen) atoms. The molecule has 0 aliphatic carbocycles. The lowest BCUT2D eigenvalue weighted by Gasteiger charge is -2.11. The number of nitrogens with one attached hydrogen (secondary N) is 1. The lowest BCUT2D eigenvalue weighted by molar-refractivity contribution is 0.565. The Labute approximate surface area is 114 Å². The van der Waals surface area contributed by atoms with E-state index in [2.05, 4.69) is 0 Å². The Morgan fingerprint density at radius 3 is 2.58 bits per heavy atom. The molecule has 0 amide bonds. The van der Waals surface area contributed by atoms with Crippen molar-refractivity contribution in [3.63, 3.8) is 0 Å². The average Bonchev–Trinajstić information content (AvgIpc) is 2.34. The highest BCUT2D eigenvalue weighted by atomic mass is 32.2. The molecule has 0 saturated heterocycles. The van der Waals surface area contributed by atoms with Crippen LogP contribution in [0.5, 0.6) is 0 Å². The molecule has 3 N–H and O–H groups in total. The Morgan fingerprint density at radius 2 is 1.95 bits per heavy atom. The maximum atomic E-state index is 13.7.